The van der Waals surface area contributed by atoms with E-state index >= 15 is 0 Å². The molecule has 1 aliphatic heterocycles. The molecule has 0 saturated carbocycles. The molecule has 0 bridgehead atoms. The van der Waals surface area contributed by atoms with Crippen molar-refractivity contribution < 1.29 is 18.7 Å². The first-order chi connectivity index (χ1) is 16.2. The summed E-state index contributed by atoms with van der Waals surface area (Å²) in [4.78, 5) is 26.6. The first-order valence-corrected chi connectivity index (χ1v) is 12.6. The second-order valence-corrected chi connectivity index (χ2v) is 10.1. The van der Waals surface area contributed by atoms with E-state index in [1.807, 2.05) is 24.3 Å². The van der Waals surface area contributed by atoms with Gasteiger partial charge in [-0.1, -0.05) is 40.2 Å². The molecule has 0 spiro atoms. The molecule has 0 radical (unpaired) electrons. The molecule has 1 heterocycles. The van der Waals surface area contributed by atoms with E-state index < -0.39 is 17.6 Å². The SMILES string of the molecule is O=C1NC(=S)N(c2ccccc2F)C(=O)/C1=C/c1cc(Br)c(OCc2ccc(Br)cc2)c(Br)c1. The van der Waals surface area contributed by atoms with Crippen LogP contribution in [-0.2, 0) is 16.2 Å². The number of benzene rings is 3. The summed E-state index contributed by atoms with van der Waals surface area (Å²) in [7, 11) is 0. The van der Waals surface area contributed by atoms with Crippen LogP contribution < -0.4 is 15.0 Å². The van der Waals surface area contributed by atoms with Gasteiger partial charge in [-0.2, -0.15) is 0 Å². The number of anilines is 1. The van der Waals surface area contributed by atoms with Gasteiger partial charge in [-0.15, -0.1) is 0 Å². The largest absolute Gasteiger partial charge is 0.487 e. The third-order valence-electron chi connectivity index (χ3n) is 4.82. The molecule has 0 unspecified atom stereocenters. The Morgan fingerprint density at radius 1 is 1.00 bits per heavy atom. The highest BCUT2D eigenvalue weighted by molar-refractivity contribution is 9.11. The van der Waals surface area contributed by atoms with Crippen LogP contribution in [0.4, 0.5) is 10.1 Å². The lowest BCUT2D eigenvalue weighted by Gasteiger charge is -2.29. The molecule has 0 aromatic heterocycles. The number of hydrogen-bond donors (Lipinski definition) is 1. The molecule has 3 aromatic carbocycles. The van der Waals surface area contributed by atoms with Crippen LogP contribution in [0.15, 0.2) is 79.7 Å². The van der Waals surface area contributed by atoms with Crippen molar-refractivity contribution in [1.82, 2.24) is 5.32 Å². The van der Waals surface area contributed by atoms with Crippen molar-refractivity contribution >= 4 is 88.7 Å². The Hall–Kier alpha value is -2.40. The third kappa shape index (κ3) is 5.30. The quantitative estimate of drug-likeness (QED) is 0.191. The van der Waals surface area contributed by atoms with Gasteiger partial charge in [0.15, 0.2) is 5.11 Å². The Morgan fingerprint density at radius 2 is 1.65 bits per heavy atom. The molecule has 1 saturated heterocycles. The van der Waals surface area contributed by atoms with Crippen molar-refractivity contribution in [2.75, 3.05) is 4.90 Å². The number of nitrogens with zero attached hydrogens (tertiary/aromatic N) is 1. The number of para-hydroxylation sites is 1. The maximum Gasteiger partial charge on any atom is 0.270 e. The maximum absolute atomic E-state index is 14.3. The number of ether oxygens (including phenoxy) is 1. The fourth-order valence-corrected chi connectivity index (χ4v) is 5.20. The molecule has 34 heavy (non-hydrogen) atoms. The Morgan fingerprint density at radius 3 is 2.29 bits per heavy atom. The standard InChI is InChI=1S/C24H14Br3FN2O3S/c25-15-7-5-13(6-8-15)12-33-21-17(26)10-14(11-18(21)27)9-16-22(31)29-24(34)30(23(16)32)20-4-2-1-3-19(20)28/h1-11H,12H2,(H,29,31,34)/b16-9+. The Kier molecular flexibility index (Phi) is 7.61. The van der Waals surface area contributed by atoms with Gasteiger partial charge in [0, 0.05) is 4.47 Å². The smallest absolute Gasteiger partial charge is 0.270 e. The summed E-state index contributed by atoms with van der Waals surface area (Å²) in [6, 6.07) is 16.9. The number of carbonyl (C=O) groups is 2. The zero-order valence-corrected chi connectivity index (χ0v) is 22.7. The van der Waals surface area contributed by atoms with Gasteiger partial charge in [0.2, 0.25) is 0 Å². The van der Waals surface area contributed by atoms with Gasteiger partial charge >= 0.3 is 0 Å². The fraction of sp³-hybridized carbons (Fsp3) is 0.0417. The van der Waals surface area contributed by atoms with Gasteiger partial charge in [-0.25, -0.2) is 9.29 Å². The van der Waals surface area contributed by atoms with E-state index in [1.54, 1.807) is 18.2 Å². The van der Waals surface area contributed by atoms with Gasteiger partial charge in [0.25, 0.3) is 11.8 Å². The average molecular weight is 669 g/mol. The molecule has 3 aromatic rings. The number of hydrogen-bond acceptors (Lipinski definition) is 4. The maximum atomic E-state index is 14.3. The summed E-state index contributed by atoms with van der Waals surface area (Å²) < 4.78 is 22.5. The van der Waals surface area contributed by atoms with Crippen molar-refractivity contribution in [2.45, 2.75) is 6.61 Å². The van der Waals surface area contributed by atoms with Gasteiger partial charge in [-0.3, -0.25) is 14.9 Å². The van der Waals surface area contributed by atoms with Crippen LogP contribution in [0.5, 0.6) is 5.75 Å². The Bertz CT molecular complexity index is 1320. The van der Waals surface area contributed by atoms with Crippen molar-refractivity contribution in [2.24, 2.45) is 0 Å². The number of halogens is 4. The highest BCUT2D eigenvalue weighted by Crippen LogP contribution is 2.36. The normalized spacial score (nSPS) is 15.0. The summed E-state index contributed by atoms with van der Waals surface area (Å²) >= 11 is 15.5. The lowest BCUT2D eigenvalue weighted by atomic mass is 10.1. The molecule has 2 amide bonds. The van der Waals surface area contributed by atoms with Gasteiger partial charge < -0.3 is 4.74 Å². The van der Waals surface area contributed by atoms with Crippen LogP contribution in [0.1, 0.15) is 11.1 Å². The fourth-order valence-electron chi connectivity index (χ4n) is 3.21. The third-order valence-corrected chi connectivity index (χ3v) is 6.81. The summed E-state index contributed by atoms with van der Waals surface area (Å²) in [5, 5.41) is 2.27. The molecule has 1 fully saturated rings. The van der Waals surface area contributed by atoms with Crippen LogP contribution in [0.2, 0.25) is 0 Å². The lowest BCUT2D eigenvalue weighted by molar-refractivity contribution is -0.122. The Balaban J connectivity index is 1.61. The van der Waals surface area contributed by atoms with Crippen LogP contribution >= 0.6 is 60.0 Å². The highest BCUT2D eigenvalue weighted by atomic mass is 79.9. The minimum absolute atomic E-state index is 0.0394. The summed E-state index contributed by atoms with van der Waals surface area (Å²) in [5.41, 5.74) is 1.32. The minimum atomic E-state index is -0.721. The van der Waals surface area contributed by atoms with Gasteiger partial charge in [0.1, 0.15) is 23.7 Å². The first kappa shape index (κ1) is 24.7. The summed E-state index contributed by atoms with van der Waals surface area (Å²) in [6.45, 7) is 0.348. The molecular weight excluding hydrogens is 655 g/mol. The van der Waals surface area contributed by atoms with Gasteiger partial charge in [0.05, 0.1) is 14.6 Å². The van der Waals surface area contributed by atoms with Crippen molar-refractivity contribution in [3.8, 4) is 5.75 Å². The van der Waals surface area contributed by atoms with E-state index in [0.29, 0.717) is 26.9 Å². The molecule has 172 valence electrons. The Labute approximate surface area is 225 Å². The van der Waals surface area contributed by atoms with E-state index in [1.165, 1.54) is 24.3 Å². The monoisotopic (exact) mass is 666 g/mol. The van der Waals surface area contributed by atoms with E-state index in [9.17, 15) is 14.0 Å². The highest BCUT2D eigenvalue weighted by Gasteiger charge is 2.35. The molecular formula is C24H14Br3FN2O3S. The van der Waals surface area contributed by atoms with Crippen LogP contribution in [0.3, 0.4) is 0 Å². The van der Waals surface area contributed by atoms with Crippen molar-refractivity contribution in [3.05, 3.63) is 96.6 Å². The summed E-state index contributed by atoms with van der Waals surface area (Å²) in [5.74, 6) is -1.45. The molecule has 5 nitrogen and oxygen atoms in total. The minimum Gasteiger partial charge on any atom is -0.487 e. The predicted octanol–water partition coefficient (Wildman–Crippen LogP) is 6.52. The second-order valence-electron chi connectivity index (χ2n) is 7.14. The number of thiocarbonyl (C=S) groups is 1. The molecule has 10 heteroatoms. The van der Waals surface area contributed by atoms with Crippen LogP contribution in [-0.4, -0.2) is 16.9 Å². The lowest BCUT2D eigenvalue weighted by Crippen LogP contribution is -2.54. The zero-order valence-electron chi connectivity index (χ0n) is 17.2. The van der Waals surface area contributed by atoms with Crippen molar-refractivity contribution in [1.29, 1.82) is 0 Å². The van der Waals surface area contributed by atoms with Gasteiger partial charge in [-0.05, 0) is 97.7 Å². The van der Waals surface area contributed by atoms with E-state index in [2.05, 4.69) is 53.1 Å². The molecule has 0 atom stereocenters. The number of rotatable bonds is 5. The predicted molar refractivity (Wildman–Crippen MR) is 143 cm³/mol. The van der Waals surface area contributed by atoms with Crippen LogP contribution in [0, 0.1) is 5.82 Å². The first-order valence-electron chi connectivity index (χ1n) is 9.77. The molecule has 0 aliphatic carbocycles. The second kappa shape index (κ2) is 10.5. The number of amides is 2. The average Bonchev–Trinajstić information content (AvgIpc) is 2.78. The van der Waals surface area contributed by atoms with E-state index in [4.69, 9.17) is 17.0 Å². The molecule has 1 N–H and O–H groups in total. The topological polar surface area (TPSA) is 58.6 Å². The number of carbonyl (C=O) groups excluding carboxylic acids is 2. The van der Waals surface area contributed by atoms with E-state index in [-0.39, 0.29) is 16.4 Å². The van der Waals surface area contributed by atoms with Crippen LogP contribution in [0.25, 0.3) is 6.08 Å². The molecule has 4 rings (SSSR count). The van der Waals surface area contributed by atoms with Crippen molar-refractivity contribution in [3.63, 3.8) is 0 Å². The summed E-state index contributed by atoms with van der Waals surface area (Å²) in [6.07, 6.45) is 1.42. The molecule has 1 aliphatic rings. The zero-order chi connectivity index (χ0) is 24.4. The number of nitrogens with one attached hydrogen (secondary N) is 1. The van der Waals surface area contributed by atoms with E-state index in [0.717, 1.165) is 14.9 Å².